The van der Waals surface area contributed by atoms with E-state index in [-0.39, 0.29) is 54.0 Å². The molecule has 0 aliphatic heterocycles. The molecule has 0 radical (unpaired) electrons. The molecule has 0 saturated carbocycles. The van der Waals surface area contributed by atoms with Gasteiger partial charge < -0.3 is 11.1 Å². The molecule has 0 aliphatic carbocycles. The molecule has 0 bridgehead atoms. The van der Waals surface area contributed by atoms with E-state index in [1.165, 1.54) is 12.3 Å². The molecule has 18 heavy (non-hydrogen) atoms. The van der Waals surface area contributed by atoms with Crippen molar-refractivity contribution >= 4 is 29.9 Å². The zero-order chi connectivity index (χ0) is 12.8. The van der Waals surface area contributed by atoms with Crippen LogP contribution in [0.4, 0.5) is 8.78 Å². The maximum absolute atomic E-state index is 12.4. The standard InChI is InChI=1S/C10H15F2N5.HI/c1-6(2)16-10(13)15-5-8-14-4-3-7(17-8)9(11)12;/h3-4,6,9H,5H2,1-2H3,(H3,13,15,16);1H. The maximum atomic E-state index is 12.4. The topological polar surface area (TPSA) is 76.2 Å². The number of hydrogen-bond acceptors (Lipinski definition) is 3. The van der Waals surface area contributed by atoms with Crippen LogP contribution in [0.15, 0.2) is 17.3 Å². The summed E-state index contributed by atoms with van der Waals surface area (Å²) in [5.41, 5.74) is 5.25. The molecular weight excluding hydrogens is 355 g/mol. The molecule has 0 fully saturated rings. The lowest BCUT2D eigenvalue weighted by atomic mass is 10.4. The van der Waals surface area contributed by atoms with Gasteiger partial charge in [0.15, 0.2) is 5.96 Å². The summed E-state index contributed by atoms with van der Waals surface area (Å²) in [6, 6.07) is 1.33. The number of nitrogens with two attached hydrogens (primary N) is 1. The van der Waals surface area contributed by atoms with Crippen LogP contribution in [0.2, 0.25) is 0 Å². The fraction of sp³-hybridized carbons (Fsp3) is 0.500. The molecule has 0 aliphatic rings. The summed E-state index contributed by atoms with van der Waals surface area (Å²) in [6.45, 7) is 3.90. The Kier molecular flexibility index (Phi) is 7.64. The highest BCUT2D eigenvalue weighted by molar-refractivity contribution is 14.0. The second-order valence-electron chi connectivity index (χ2n) is 3.70. The van der Waals surface area contributed by atoms with Gasteiger partial charge in [0.05, 0.1) is 0 Å². The van der Waals surface area contributed by atoms with Gasteiger partial charge in [-0.05, 0) is 19.9 Å². The predicted octanol–water partition coefficient (Wildman–Crippen LogP) is 1.84. The largest absolute Gasteiger partial charge is 0.370 e. The van der Waals surface area contributed by atoms with Crippen LogP contribution in [0.3, 0.4) is 0 Å². The Morgan fingerprint density at radius 2 is 2.17 bits per heavy atom. The fourth-order valence-corrected chi connectivity index (χ4v) is 1.11. The van der Waals surface area contributed by atoms with Crippen LogP contribution < -0.4 is 11.1 Å². The normalized spacial score (nSPS) is 11.6. The van der Waals surface area contributed by atoms with Crippen molar-refractivity contribution in [3.05, 3.63) is 23.8 Å². The summed E-state index contributed by atoms with van der Waals surface area (Å²) < 4.78 is 24.7. The third-order valence-electron chi connectivity index (χ3n) is 1.78. The lowest BCUT2D eigenvalue weighted by Crippen LogP contribution is -2.36. The molecular formula is C10H16F2IN5. The molecule has 8 heteroatoms. The van der Waals surface area contributed by atoms with Crippen molar-refractivity contribution in [3.8, 4) is 0 Å². The maximum Gasteiger partial charge on any atom is 0.280 e. The minimum absolute atomic E-state index is 0. The zero-order valence-electron chi connectivity index (χ0n) is 10.1. The third-order valence-corrected chi connectivity index (χ3v) is 1.78. The average Bonchev–Trinajstić information content (AvgIpc) is 2.26. The minimum Gasteiger partial charge on any atom is -0.370 e. The molecule has 0 unspecified atom stereocenters. The van der Waals surface area contributed by atoms with Crippen LogP contribution in [0, 0.1) is 0 Å². The van der Waals surface area contributed by atoms with E-state index < -0.39 is 6.43 Å². The minimum atomic E-state index is -2.60. The third kappa shape index (κ3) is 6.03. The van der Waals surface area contributed by atoms with Crippen LogP contribution >= 0.6 is 24.0 Å². The Bertz CT molecular complexity index is 398. The smallest absolute Gasteiger partial charge is 0.280 e. The Morgan fingerprint density at radius 3 is 2.72 bits per heavy atom. The van der Waals surface area contributed by atoms with Gasteiger partial charge in [0.1, 0.15) is 18.1 Å². The van der Waals surface area contributed by atoms with Crippen molar-refractivity contribution in [2.75, 3.05) is 0 Å². The van der Waals surface area contributed by atoms with Crippen molar-refractivity contribution in [1.29, 1.82) is 0 Å². The van der Waals surface area contributed by atoms with E-state index in [1.807, 2.05) is 13.8 Å². The van der Waals surface area contributed by atoms with Gasteiger partial charge in [-0.15, -0.1) is 24.0 Å². The van der Waals surface area contributed by atoms with E-state index in [0.717, 1.165) is 0 Å². The van der Waals surface area contributed by atoms with Gasteiger partial charge in [0.25, 0.3) is 6.43 Å². The first-order valence-electron chi connectivity index (χ1n) is 5.15. The molecule has 0 aromatic carbocycles. The molecule has 0 saturated heterocycles. The lowest BCUT2D eigenvalue weighted by molar-refractivity contribution is 0.145. The Balaban J connectivity index is 0.00000289. The number of rotatable bonds is 4. The summed E-state index contributed by atoms with van der Waals surface area (Å²) in [5.74, 6) is 0.461. The summed E-state index contributed by atoms with van der Waals surface area (Å²) in [4.78, 5) is 11.5. The number of aliphatic imine (C=N–C) groups is 1. The highest BCUT2D eigenvalue weighted by atomic mass is 127. The van der Waals surface area contributed by atoms with Crippen molar-refractivity contribution in [2.45, 2.75) is 32.9 Å². The summed E-state index contributed by atoms with van der Waals surface area (Å²) in [7, 11) is 0. The first-order chi connectivity index (χ1) is 7.99. The highest BCUT2D eigenvalue weighted by Crippen LogP contribution is 2.15. The number of hydrogen-bond donors (Lipinski definition) is 2. The molecule has 0 atom stereocenters. The van der Waals surface area contributed by atoms with Crippen molar-refractivity contribution in [3.63, 3.8) is 0 Å². The summed E-state index contributed by atoms with van der Waals surface area (Å²) >= 11 is 0. The van der Waals surface area contributed by atoms with E-state index in [9.17, 15) is 8.78 Å². The second kappa shape index (κ2) is 8.11. The number of nitrogens with zero attached hydrogens (tertiary/aromatic N) is 3. The number of nitrogens with one attached hydrogen (secondary N) is 1. The molecule has 1 aromatic rings. The Labute approximate surface area is 121 Å². The molecule has 102 valence electrons. The van der Waals surface area contributed by atoms with Crippen molar-refractivity contribution in [2.24, 2.45) is 10.7 Å². The number of guanidine groups is 1. The Morgan fingerprint density at radius 1 is 1.50 bits per heavy atom. The summed E-state index contributed by atoms with van der Waals surface area (Å²) in [5, 5.41) is 2.87. The summed E-state index contributed by atoms with van der Waals surface area (Å²) in [6.07, 6.45) is -1.32. The van der Waals surface area contributed by atoms with Gasteiger partial charge in [-0.1, -0.05) is 0 Å². The molecule has 5 nitrogen and oxygen atoms in total. The fourth-order valence-electron chi connectivity index (χ4n) is 1.11. The van der Waals surface area contributed by atoms with Gasteiger partial charge >= 0.3 is 0 Å². The number of alkyl halides is 2. The van der Waals surface area contributed by atoms with Gasteiger partial charge in [0, 0.05) is 12.2 Å². The molecule has 0 spiro atoms. The van der Waals surface area contributed by atoms with Gasteiger partial charge in [-0.3, -0.25) is 0 Å². The number of halogens is 3. The van der Waals surface area contributed by atoms with Gasteiger partial charge in [-0.2, -0.15) is 0 Å². The highest BCUT2D eigenvalue weighted by Gasteiger charge is 2.09. The first kappa shape index (κ1) is 16.9. The van der Waals surface area contributed by atoms with E-state index in [4.69, 9.17) is 5.73 Å². The Hall–Kier alpha value is -1.06. The molecule has 0 amide bonds. The molecule has 1 aromatic heterocycles. The molecule has 1 rings (SSSR count). The lowest BCUT2D eigenvalue weighted by Gasteiger charge is -2.08. The van der Waals surface area contributed by atoms with E-state index in [2.05, 4.69) is 20.3 Å². The van der Waals surface area contributed by atoms with Crippen LogP contribution in [0.5, 0.6) is 0 Å². The number of aromatic nitrogens is 2. The monoisotopic (exact) mass is 371 g/mol. The molecule has 1 heterocycles. The van der Waals surface area contributed by atoms with Crippen LogP contribution in [0.25, 0.3) is 0 Å². The SMILES string of the molecule is CC(C)NC(N)=NCc1nccc(C(F)F)n1.I. The molecule has 3 N–H and O–H groups in total. The van der Waals surface area contributed by atoms with Crippen molar-refractivity contribution < 1.29 is 8.78 Å². The quantitative estimate of drug-likeness (QED) is 0.481. The first-order valence-corrected chi connectivity index (χ1v) is 5.15. The van der Waals surface area contributed by atoms with E-state index >= 15 is 0 Å². The van der Waals surface area contributed by atoms with Crippen molar-refractivity contribution in [1.82, 2.24) is 15.3 Å². The van der Waals surface area contributed by atoms with Gasteiger partial charge in [-0.25, -0.2) is 23.7 Å². The predicted molar refractivity (Wildman–Crippen MR) is 76.0 cm³/mol. The average molecular weight is 371 g/mol. The van der Waals surface area contributed by atoms with Crippen LogP contribution in [0.1, 0.15) is 31.8 Å². The van der Waals surface area contributed by atoms with E-state index in [1.54, 1.807) is 0 Å². The van der Waals surface area contributed by atoms with Crippen LogP contribution in [-0.2, 0) is 6.54 Å². The van der Waals surface area contributed by atoms with Gasteiger partial charge in [0.2, 0.25) is 0 Å². The zero-order valence-corrected chi connectivity index (χ0v) is 12.4. The van der Waals surface area contributed by atoms with E-state index in [0.29, 0.717) is 0 Å². The van der Waals surface area contributed by atoms with Crippen LogP contribution in [-0.4, -0.2) is 22.0 Å². The second-order valence-corrected chi connectivity index (χ2v) is 3.70.